The first-order valence-electron chi connectivity index (χ1n) is 8.64. The van der Waals surface area contributed by atoms with E-state index in [1.165, 1.54) is 0 Å². The van der Waals surface area contributed by atoms with Crippen molar-refractivity contribution in [1.82, 2.24) is 4.98 Å². The third kappa shape index (κ3) is 3.70. The number of rotatable bonds is 3. The lowest BCUT2D eigenvalue weighted by molar-refractivity contribution is 0.102. The molecule has 1 N–H and O–H groups in total. The van der Waals surface area contributed by atoms with Crippen LogP contribution in [-0.4, -0.2) is 10.9 Å². The van der Waals surface area contributed by atoms with Crippen LogP contribution >= 0.6 is 38.9 Å². The van der Waals surface area contributed by atoms with Gasteiger partial charge in [0.1, 0.15) is 0 Å². The van der Waals surface area contributed by atoms with Crippen LogP contribution in [0.5, 0.6) is 0 Å². The predicted octanol–water partition coefficient (Wildman–Crippen LogP) is 7.25. The molecule has 0 unspecified atom stereocenters. The molecule has 28 heavy (non-hydrogen) atoms. The summed E-state index contributed by atoms with van der Waals surface area (Å²) in [5.74, 6) is -0.186. The van der Waals surface area contributed by atoms with E-state index in [2.05, 4.69) is 27.3 Å². The first-order valence-corrected chi connectivity index (χ1v) is 10.7. The molecule has 0 bridgehead atoms. The zero-order valence-electron chi connectivity index (χ0n) is 15.2. The number of amides is 1. The Balaban J connectivity index is 1.86. The van der Waals surface area contributed by atoms with Crippen molar-refractivity contribution >= 4 is 61.4 Å². The molecule has 2 aromatic carbocycles. The Bertz CT molecular complexity index is 1210. The number of aryl methyl sites for hydroxylation is 2. The molecule has 0 saturated heterocycles. The fourth-order valence-corrected chi connectivity index (χ4v) is 4.30. The Morgan fingerprint density at radius 3 is 2.68 bits per heavy atom. The highest BCUT2D eigenvalue weighted by atomic mass is 79.9. The number of anilines is 1. The summed E-state index contributed by atoms with van der Waals surface area (Å²) in [4.78, 5) is 19.0. The Morgan fingerprint density at radius 2 is 1.96 bits per heavy atom. The predicted molar refractivity (Wildman–Crippen MR) is 122 cm³/mol. The average Bonchev–Trinajstić information content (AvgIpc) is 3.19. The summed E-state index contributed by atoms with van der Waals surface area (Å²) in [5.41, 5.74) is 5.03. The second-order valence-corrected chi connectivity index (χ2v) is 8.80. The number of halogens is 2. The van der Waals surface area contributed by atoms with E-state index in [4.69, 9.17) is 16.6 Å². The second-order valence-electron chi connectivity index (χ2n) is 6.59. The molecule has 0 saturated carbocycles. The number of fused-ring (bicyclic) bond motifs is 1. The summed E-state index contributed by atoms with van der Waals surface area (Å²) in [5, 5.41) is 6.36. The number of nitrogens with zero attached hydrogens (tertiary/aromatic N) is 1. The van der Waals surface area contributed by atoms with Crippen molar-refractivity contribution in [1.29, 1.82) is 0 Å². The SMILES string of the molecule is Cc1cc(C)c2nc(-c3cccs3)cc(C(=O)Nc3ccc(Br)c(Cl)c3)c2c1. The standard InChI is InChI=1S/C22H16BrClN2OS/c1-12-8-13(2)21-15(9-12)16(11-19(26-21)20-4-3-7-28-20)22(27)25-14-5-6-17(23)18(24)10-14/h3-11H,1-2H3,(H,25,27). The second kappa shape index (κ2) is 7.66. The van der Waals surface area contributed by atoms with E-state index in [1.807, 2.05) is 55.6 Å². The van der Waals surface area contributed by atoms with Gasteiger partial charge in [-0.2, -0.15) is 0 Å². The van der Waals surface area contributed by atoms with Gasteiger partial charge in [0.25, 0.3) is 5.91 Å². The lowest BCUT2D eigenvalue weighted by Crippen LogP contribution is -2.13. The van der Waals surface area contributed by atoms with Gasteiger partial charge in [-0.05, 0) is 77.1 Å². The van der Waals surface area contributed by atoms with E-state index in [-0.39, 0.29) is 5.91 Å². The number of hydrogen-bond donors (Lipinski definition) is 1. The fraction of sp³-hybridized carbons (Fsp3) is 0.0909. The zero-order valence-corrected chi connectivity index (χ0v) is 18.4. The third-order valence-corrected chi connectivity index (χ3v) is 6.57. The minimum atomic E-state index is -0.186. The molecule has 0 aliphatic carbocycles. The molecule has 4 aromatic rings. The topological polar surface area (TPSA) is 42.0 Å². The summed E-state index contributed by atoms with van der Waals surface area (Å²) in [6, 6.07) is 15.3. The zero-order chi connectivity index (χ0) is 19.8. The van der Waals surface area contributed by atoms with Crippen molar-refractivity contribution in [3.8, 4) is 10.6 Å². The lowest BCUT2D eigenvalue weighted by Gasteiger charge is -2.13. The smallest absolute Gasteiger partial charge is 0.256 e. The van der Waals surface area contributed by atoms with Crippen molar-refractivity contribution < 1.29 is 4.79 Å². The molecule has 140 valence electrons. The molecule has 0 fully saturated rings. The van der Waals surface area contributed by atoms with Gasteiger partial charge in [-0.1, -0.05) is 29.3 Å². The molecule has 0 spiro atoms. The molecule has 2 aromatic heterocycles. The van der Waals surface area contributed by atoms with Gasteiger partial charge >= 0.3 is 0 Å². The lowest BCUT2D eigenvalue weighted by atomic mass is 10.0. The molecule has 0 radical (unpaired) electrons. The van der Waals surface area contributed by atoms with Crippen molar-refractivity contribution in [2.45, 2.75) is 13.8 Å². The van der Waals surface area contributed by atoms with Gasteiger partial charge < -0.3 is 5.32 Å². The highest BCUT2D eigenvalue weighted by Crippen LogP contribution is 2.31. The average molecular weight is 472 g/mol. The van der Waals surface area contributed by atoms with Crippen LogP contribution in [0.25, 0.3) is 21.5 Å². The van der Waals surface area contributed by atoms with Crippen molar-refractivity contribution in [2.24, 2.45) is 0 Å². The maximum Gasteiger partial charge on any atom is 0.256 e. The quantitative estimate of drug-likeness (QED) is 0.342. The molecule has 0 atom stereocenters. The molecular weight excluding hydrogens is 456 g/mol. The molecule has 0 aliphatic rings. The monoisotopic (exact) mass is 470 g/mol. The maximum absolute atomic E-state index is 13.2. The van der Waals surface area contributed by atoms with Crippen LogP contribution < -0.4 is 5.32 Å². The van der Waals surface area contributed by atoms with E-state index in [0.717, 1.165) is 37.1 Å². The Labute approximate surface area is 180 Å². The number of pyridine rings is 1. The normalized spacial score (nSPS) is 11.0. The summed E-state index contributed by atoms with van der Waals surface area (Å²) in [6.45, 7) is 4.05. The summed E-state index contributed by atoms with van der Waals surface area (Å²) < 4.78 is 0.785. The van der Waals surface area contributed by atoms with Gasteiger partial charge in [0.15, 0.2) is 0 Å². The number of carbonyl (C=O) groups is 1. The van der Waals surface area contributed by atoms with Crippen LogP contribution in [-0.2, 0) is 0 Å². The van der Waals surface area contributed by atoms with E-state index in [9.17, 15) is 4.79 Å². The minimum absolute atomic E-state index is 0.186. The van der Waals surface area contributed by atoms with Crippen LogP contribution in [0.4, 0.5) is 5.69 Å². The highest BCUT2D eigenvalue weighted by molar-refractivity contribution is 9.10. The van der Waals surface area contributed by atoms with E-state index >= 15 is 0 Å². The molecule has 3 nitrogen and oxygen atoms in total. The van der Waals surface area contributed by atoms with Gasteiger partial charge in [0.05, 0.1) is 26.7 Å². The highest BCUT2D eigenvalue weighted by Gasteiger charge is 2.17. The third-order valence-electron chi connectivity index (χ3n) is 4.44. The van der Waals surface area contributed by atoms with Gasteiger partial charge in [-0.15, -0.1) is 11.3 Å². The Kier molecular flexibility index (Phi) is 5.23. The van der Waals surface area contributed by atoms with E-state index in [1.54, 1.807) is 17.4 Å². The van der Waals surface area contributed by atoms with Crippen LogP contribution in [0.1, 0.15) is 21.5 Å². The molecule has 1 amide bonds. The first kappa shape index (κ1) is 19.1. The van der Waals surface area contributed by atoms with E-state index in [0.29, 0.717) is 16.3 Å². The number of hydrogen-bond acceptors (Lipinski definition) is 3. The Morgan fingerprint density at radius 1 is 1.14 bits per heavy atom. The molecule has 2 heterocycles. The van der Waals surface area contributed by atoms with Gasteiger partial charge in [-0.3, -0.25) is 4.79 Å². The summed E-state index contributed by atoms with van der Waals surface area (Å²) in [6.07, 6.45) is 0. The molecule has 6 heteroatoms. The number of benzene rings is 2. The van der Waals surface area contributed by atoms with E-state index < -0.39 is 0 Å². The summed E-state index contributed by atoms with van der Waals surface area (Å²) in [7, 11) is 0. The van der Waals surface area contributed by atoms with Crippen LogP contribution in [0.2, 0.25) is 5.02 Å². The van der Waals surface area contributed by atoms with Gasteiger partial charge in [0.2, 0.25) is 0 Å². The largest absolute Gasteiger partial charge is 0.322 e. The van der Waals surface area contributed by atoms with Crippen LogP contribution in [0.15, 0.2) is 58.4 Å². The molecular formula is C22H16BrClN2OS. The van der Waals surface area contributed by atoms with Crippen LogP contribution in [0.3, 0.4) is 0 Å². The van der Waals surface area contributed by atoms with Gasteiger partial charge in [0, 0.05) is 15.5 Å². The Hall–Kier alpha value is -2.21. The van der Waals surface area contributed by atoms with Crippen molar-refractivity contribution in [2.75, 3.05) is 5.32 Å². The number of carbonyl (C=O) groups excluding carboxylic acids is 1. The number of thiophene rings is 1. The fourth-order valence-electron chi connectivity index (χ4n) is 3.19. The first-order chi connectivity index (χ1) is 13.4. The summed E-state index contributed by atoms with van der Waals surface area (Å²) >= 11 is 11.1. The van der Waals surface area contributed by atoms with Crippen LogP contribution in [0, 0.1) is 13.8 Å². The minimum Gasteiger partial charge on any atom is -0.322 e. The maximum atomic E-state index is 13.2. The molecule has 0 aliphatic heterocycles. The number of nitrogens with one attached hydrogen (secondary N) is 1. The van der Waals surface area contributed by atoms with Gasteiger partial charge in [-0.25, -0.2) is 4.98 Å². The van der Waals surface area contributed by atoms with Crippen molar-refractivity contribution in [3.63, 3.8) is 0 Å². The molecule has 4 rings (SSSR count). The number of aromatic nitrogens is 1. The van der Waals surface area contributed by atoms with Crippen molar-refractivity contribution in [3.05, 3.63) is 80.1 Å².